The van der Waals surface area contributed by atoms with Gasteiger partial charge in [-0.05, 0) is 29.9 Å². The van der Waals surface area contributed by atoms with E-state index in [2.05, 4.69) is 10.1 Å². The maximum absolute atomic E-state index is 13.6. The lowest BCUT2D eigenvalue weighted by atomic mass is 10.0. The highest BCUT2D eigenvalue weighted by molar-refractivity contribution is 7.80. The summed E-state index contributed by atoms with van der Waals surface area (Å²) < 4.78 is 5.39. The second kappa shape index (κ2) is 10.9. The van der Waals surface area contributed by atoms with Gasteiger partial charge in [0.25, 0.3) is 5.91 Å². The van der Waals surface area contributed by atoms with Crippen molar-refractivity contribution in [3.8, 4) is 0 Å². The zero-order valence-electron chi connectivity index (χ0n) is 19.8. The molecule has 2 fully saturated rings. The number of H-pyrrole nitrogens is 1. The minimum absolute atomic E-state index is 0.0730. The molecule has 0 spiro atoms. The first kappa shape index (κ1) is 25.2. The van der Waals surface area contributed by atoms with Crippen molar-refractivity contribution < 1.29 is 19.1 Å². The highest BCUT2D eigenvalue weighted by Gasteiger charge is 2.47. The molecule has 2 aliphatic rings. The van der Waals surface area contributed by atoms with Crippen LogP contribution in [0, 0.1) is 5.92 Å². The Bertz CT molecular complexity index is 1400. The number of hydrazone groups is 1. The Hall–Kier alpha value is -3.44. The van der Waals surface area contributed by atoms with Crippen molar-refractivity contribution in [1.82, 2.24) is 19.8 Å². The molecule has 1 N–H and O–H groups in total. The first-order valence-electron chi connectivity index (χ1n) is 11.8. The van der Waals surface area contributed by atoms with E-state index in [1.165, 1.54) is 6.21 Å². The summed E-state index contributed by atoms with van der Waals surface area (Å²) in [6.07, 6.45) is 3.07. The van der Waals surface area contributed by atoms with E-state index in [1.807, 2.05) is 29.2 Å². The normalized spacial score (nSPS) is 19.4. The summed E-state index contributed by atoms with van der Waals surface area (Å²) in [5.74, 6) is -2.89. The zero-order valence-corrected chi connectivity index (χ0v) is 21.4. The summed E-state index contributed by atoms with van der Waals surface area (Å²) >= 11 is 11.7. The molecule has 190 valence electrons. The lowest BCUT2D eigenvalue weighted by Gasteiger charge is -2.38. The van der Waals surface area contributed by atoms with E-state index in [-0.39, 0.29) is 18.1 Å². The summed E-state index contributed by atoms with van der Waals surface area (Å²) in [5.41, 5.74) is 2.17. The molecular weight excluding hydrogens is 514 g/mol. The van der Waals surface area contributed by atoms with E-state index in [0.29, 0.717) is 36.9 Å². The first-order chi connectivity index (χ1) is 17.9. The number of halogens is 1. The number of thiocarbonyl (C=S) groups is 1. The number of morpholine rings is 1. The highest BCUT2D eigenvalue weighted by Crippen LogP contribution is 2.24. The summed E-state index contributed by atoms with van der Waals surface area (Å²) in [6, 6.07) is 14.6. The van der Waals surface area contributed by atoms with Crippen LogP contribution in [0.4, 0.5) is 0 Å². The second-order valence-corrected chi connectivity index (χ2v) is 9.54. The van der Waals surface area contributed by atoms with Gasteiger partial charge in [-0.3, -0.25) is 19.3 Å². The molecule has 0 aliphatic carbocycles. The maximum atomic E-state index is 13.6. The predicted molar refractivity (Wildman–Crippen MR) is 143 cm³/mol. The molecule has 3 heterocycles. The quantitative estimate of drug-likeness (QED) is 0.295. The average molecular weight is 538 g/mol. The number of nitrogens with zero attached hydrogens (tertiary/aromatic N) is 4. The van der Waals surface area contributed by atoms with Crippen LogP contribution in [0.3, 0.4) is 0 Å². The van der Waals surface area contributed by atoms with Crippen LogP contribution >= 0.6 is 23.8 Å². The van der Waals surface area contributed by atoms with Gasteiger partial charge in [-0.2, -0.15) is 10.1 Å². The summed E-state index contributed by atoms with van der Waals surface area (Å²) in [5, 5.41) is 6.27. The van der Waals surface area contributed by atoms with Crippen LogP contribution in [0.25, 0.3) is 10.9 Å². The van der Waals surface area contributed by atoms with Crippen LogP contribution < -0.4 is 0 Å². The molecule has 2 aromatic carbocycles. The van der Waals surface area contributed by atoms with E-state index in [9.17, 15) is 14.4 Å². The van der Waals surface area contributed by atoms with Crippen molar-refractivity contribution in [1.29, 1.82) is 0 Å². The lowest BCUT2D eigenvalue weighted by Crippen LogP contribution is -2.62. The van der Waals surface area contributed by atoms with Gasteiger partial charge in [0, 0.05) is 47.3 Å². The fraction of sp³-hybridized carbons (Fsp3) is 0.269. The Labute approximate surface area is 223 Å². The Kier molecular flexibility index (Phi) is 7.43. The third-order valence-electron chi connectivity index (χ3n) is 6.43. The van der Waals surface area contributed by atoms with Crippen molar-refractivity contribution in [2.24, 2.45) is 11.0 Å². The number of hydrogen-bond acceptors (Lipinski definition) is 7. The van der Waals surface area contributed by atoms with Crippen molar-refractivity contribution in [3.05, 3.63) is 70.9 Å². The Morgan fingerprint density at radius 2 is 1.84 bits per heavy atom. The predicted octanol–water partition coefficient (Wildman–Crippen LogP) is 2.83. The molecule has 1 aromatic heterocycles. The van der Waals surface area contributed by atoms with Crippen LogP contribution in [0.2, 0.25) is 5.02 Å². The average Bonchev–Trinajstić information content (AvgIpc) is 3.31. The van der Waals surface area contributed by atoms with E-state index < -0.39 is 23.6 Å². The Morgan fingerprint density at radius 3 is 2.62 bits per heavy atom. The lowest BCUT2D eigenvalue weighted by molar-refractivity contribution is -0.152. The van der Waals surface area contributed by atoms with Crippen molar-refractivity contribution in [3.63, 3.8) is 0 Å². The van der Waals surface area contributed by atoms with E-state index in [0.717, 1.165) is 26.4 Å². The van der Waals surface area contributed by atoms with Gasteiger partial charge in [-0.25, -0.2) is 4.90 Å². The van der Waals surface area contributed by atoms with Crippen molar-refractivity contribution >= 4 is 63.8 Å². The third-order valence-corrected chi connectivity index (χ3v) is 7.13. The highest BCUT2D eigenvalue weighted by atomic mass is 35.5. The molecule has 1 atom stereocenters. The largest absolute Gasteiger partial charge is 0.379 e. The number of hydrogen-bond donors (Lipinski definition) is 1. The number of aromatic nitrogens is 1. The van der Waals surface area contributed by atoms with Gasteiger partial charge in [0.2, 0.25) is 16.9 Å². The number of nitrogens with one attached hydrogen (secondary N) is 1. The molecule has 2 saturated heterocycles. The number of carbonyl (C=O) groups is 3. The monoisotopic (exact) mass is 537 g/mol. The number of aromatic amines is 1. The topological polar surface area (TPSA) is 98.3 Å². The van der Waals surface area contributed by atoms with Gasteiger partial charge in [0.05, 0.1) is 25.8 Å². The van der Waals surface area contributed by atoms with Crippen LogP contribution in [0.5, 0.6) is 0 Å². The molecule has 37 heavy (non-hydrogen) atoms. The zero-order chi connectivity index (χ0) is 25.9. The Morgan fingerprint density at radius 1 is 1.11 bits per heavy atom. The number of para-hydroxylation sites is 1. The Balaban J connectivity index is 1.45. The van der Waals surface area contributed by atoms with Gasteiger partial charge in [-0.15, -0.1) is 0 Å². The molecule has 0 saturated carbocycles. The number of benzene rings is 2. The first-order valence-corrected chi connectivity index (χ1v) is 12.6. The maximum Gasteiger partial charge on any atom is 0.263 e. The molecule has 2 aliphatic heterocycles. The standard InChI is InChI=1S/C26H24ClN5O4S/c27-21-7-3-1-5-17(21)15-29-32-25(35)20(16-30-9-11-36-12-10-30)24(34)31(26(32)37)23(33)13-18-14-28-22-8-4-2-6-19(18)22/h1-8,14-15,20,28H,9-13,16H2/b29-15+. The van der Waals surface area contributed by atoms with Gasteiger partial charge in [-0.1, -0.05) is 48.0 Å². The fourth-order valence-corrected chi connectivity index (χ4v) is 4.96. The van der Waals surface area contributed by atoms with Crippen LogP contribution in [0.1, 0.15) is 11.1 Å². The molecule has 1 unspecified atom stereocenters. The molecular formula is C26H24ClN5O4S. The van der Waals surface area contributed by atoms with Crippen molar-refractivity contribution in [2.75, 3.05) is 32.8 Å². The summed E-state index contributed by atoms with van der Waals surface area (Å²) in [4.78, 5) is 46.5. The number of carbonyl (C=O) groups excluding carboxylic acids is 3. The van der Waals surface area contributed by atoms with Gasteiger partial charge in [0.15, 0.2) is 0 Å². The molecule has 3 aromatic rings. The molecule has 0 radical (unpaired) electrons. The molecule has 11 heteroatoms. The van der Waals surface area contributed by atoms with Crippen LogP contribution in [-0.4, -0.2) is 81.7 Å². The number of rotatable bonds is 6. The van der Waals surface area contributed by atoms with E-state index in [1.54, 1.807) is 30.5 Å². The molecule has 9 nitrogen and oxygen atoms in total. The molecule has 5 rings (SSSR count). The minimum Gasteiger partial charge on any atom is -0.379 e. The van der Waals surface area contributed by atoms with Crippen molar-refractivity contribution in [2.45, 2.75) is 6.42 Å². The van der Waals surface area contributed by atoms with Gasteiger partial charge < -0.3 is 9.72 Å². The summed E-state index contributed by atoms with van der Waals surface area (Å²) in [6.45, 7) is 2.30. The SMILES string of the molecule is O=C1C(CN2CCOCC2)C(=O)N(C(=O)Cc2c[nH]c3ccccc23)C(=S)N1/N=C/c1ccccc1Cl. The second-order valence-electron chi connectivity index (χ2n) is 8.77. The van der Waals surface area contributed by atoms with Gasteiger partial charge in [0.1, 0.15) is 5.92 Å². The van der Waals surface area contributed by atoms with Gasteiger partial charge >= 0.3 is 0 Å². The number of ether oxygens (including phenoxy) is 1. The van der Waals surface area contributed by atoms with Crippen LogP contribution in [-0.2, 0) is 25.5 Å². The van der Waals surface area contributed by atoms with E-state index >= 15 is 0 Å². The number of fused-ring (bicyclic) bond motifs is 1. The smallest absolute Gasteiger partial charge is 0.263 e. The third kappa shape index (κ3) is 5.19. The number of amides is 3. The van der Waals surface area contributed by atoms with E-state index in [4.69, 9.17) is 28.6 Å². The molecule has 3 amide bonds. The summed E-state index contributed by atoms with van der Waals surface area (Å²) in [7, 11) is 0. The minimum atomic E-state index is -1.14. The molecule has 0 bridgehead atoms. The fourth-order valence-electron chi connectivity index (χ4n) is 4.45. The number of imide groups is 1. The van der Waals surface area contributed by atoms with Crippen LogP contribution in [0.15, 0.2) is 59.8 Å².